The molecule has 0 bridgehead atoms. The number of esters is 1. The Hall–Kier alpha value is -3.21. The summed E-state index contributed by atoms with van der Waals surface area (Å²) in [7, 11) is 3.39. The highest BCUT2D eigenvalue weighted by Gasteiger charge is 2.40. The van der Waals surface area contributed by atoms with E-state index >= 15 is 0 Å². The third-order valence-electron chi connectivity index (χ3n) is 6.92. The van der Waals surface area contributed by atoms with Gasteiger partial charge >= 0.3 is 5.97 Å². The van der Waals surface area contributed by atoms with Crippen LogP contribution >= 0.6 is 11.3 Å². The molecular weight excluding hydrogens is 468 g/mol. The van der Waals surface area contributed by atoms with Crippen LogP contribution in [0.2, 0.25) is 0 Å². The van der Waals surface area contributed by atoms with Crippen molar-refractivity contribution in [1.82, 2.24) is 24.5 Å². The van der Waals surface area contributed by atoms with E-state index in [1.54, 1.807) is 42.4 Å². The maximum atomic E-state index is 13.0. The number of hydrogen-bond acceptors (Lipinski definition) is 9. The van der Waals surface area contributed by atoms with Crippen molar-refractivity contribution in [1.29, 1.82) is 0 Å². The molecule has 11 heteroatoms. The Labute approximate surface area is 207 Å². The minimum atomic E-state index is -0.332. The molecular formula is C24H30N6O4S. The number of hydrogen-bond donors (Lipinski definition) is 1. The smallest absolute Gasteiger partial charge is 0.339 e. The van der Waals surface area contributed by atoms with Crippen LogP contribution in [0.15, 0.2) is 12.4 Å². The molecule has 1 fully saturated rings. The highest BCUT2D eigenvalue weighted by Crippen LogP contribution is 2.43. The third kappa shape index (κ3) is 4.56. The van der Waals surface area contributed by atoms with E-state index in [0.717, 1.165) is 35.5 Å². The molecule has 3 heterocycles. The first-order valence-corrected chi connectivity index (χ1v) is 12.8. The summed E-state index contributed by atoms with van der Waals surface area (Å²) >= 11 is 1.60. The third-order valence-corrected chi connectivity index (χ3v) is 8.21. The molecule has 5 rings (SSSR count). The molecule has 1 saturated carbocycles. The Morgan fingerprint density at radius 2 is 2.14 bits per heavy atom. The van der Waals surface area contributed by atoms with Crippen LogP contribution in [-0.2, 0) is 35.8 Å². The summed E-state index contributed by atoms with van der Waals surface area (Å²) in [6.07, 6.45) is 5.32. The van der Waals surface area contributed by atoms with Crippen LogP contribution in [0.1, 0.15) is 58.4 Å². The second-order valence-corrected chi connectivity index (χ2v) is 10.5. The molecule has 0 spiro atoms. The topological polar surface area (TPSA) is 113 Å². The van der Waals surface area contributed by atoms with Crippen LogP contribution in [0.25, 0.3) is 0 Å². The van der Waals surface area contributed by atoms with Crippen molar-refractivity contribution >= 4 is 34.9 Å². The fourth-order valence-corrected chi connectivity index (χ4v) is 6.21. The van der Waals surface area contributed by atoms with E-state index in [1.807, 2.05) is 11.6 Å². The first-order chi connectivity index (χ1) is 16.9. The first-order valence-electron chi connectivity index (χ1n) is 12.0. The van der Waals surface area contributed by atoms with E-state index in [9.17, 15) is 9.59 Å². The van der Waals surface area contributed by atoms with Gasteiger partial charge in [-0.3, -0.25) is 9.36 Å². The number of carbonyl (C=O) groups excluding carboxylic acids is 2. The summed E-state index contributed by atoms with van der Waals surface area (Å²) in [5.74, 6) is 2.31. The van der Waals surface area contributed by atoms with E-state index in [2.05, 4.69) is 27.5 Å². The average molecular weight is 499 g/mol. The van der Waals surface area contributed by atoms with Crippen molar-refractivity contribution in [3.8, 4) is 5.88 Å². The molecule has 0 unspecified atom stereocenters. The van der Waals surface area contributed by atoms with Crippen molar-refractivity contribution in [2.75, 3.05) is 19.0 Å². The number of fused-ring (bicyclic) bond motifs is 1. The fraction of sp³-hybridized carbons (Fsp3) is 0.542. The minimum Gasteiger partial charge on any atom is -0.480 e. The summed E-state index contributed by atoms with van der Waals surface area (Å²) in [5, 5.41) is 16.0. The number of carbonyl (C=O) groups is 2. The molecule has 1 N–H and O–H groups in total. The van der Waals surface area contributed by atoms with Crippen LogP contribution in [0.4, 0.5) is 11.8 Å². The number of aromatic nitrogens is 5. The van der Waals surface area contributed by atoms with Gasteiger partial charge in [0.05, 0.1) is 19.3 Å². The molecule has 0 aliphatic heterocycles. The van der Waals surface area contributed by atoms with Gasteiger partial charge in [0.15, 0.2) is 0 Å². The zero-order valence-electron chi connectivity index (χ0n) is 20.4. The first kappa shape index (κ1) is 23.5. The molecule has 0 aromatic carbocycles. The molecule has 0 amide bonds. The number of aryl methyl sites for hydroxylation is 2. The molecule has 186 valence electrons. The second-order valence-electron chi connectivity index (χ2n) is 9.26. The van der Waals surface area contributed by atoms with Gasteiger partial charge in [0.2, 0.25) is 11.8 Å². The van der Waals surface area contributed by atoms with Crippen LogP contribution in [0.5, 0.6) is 5.88 Å². The molecule has 35 heavy (non-hydrogen) atoms. The van der Waals surface area contributed by atoms with Crippen molar-refractivity contribution < 1.29 is 19.1 Å². The Balaban J connectivity index is 1.41. The molecule has 3 atom stereocenters. The van der Waals surface area contributed by atoms with Gasteiger partial charge in [-0.05, 0) is 44.1 Å². The SMILES string of the molecule is CCOC(=O)c1c(CC(=O)[C@H]2C[C@@H]2C)sc2c1C[C@@H](n1cnnc1Nc1cc(OC)nn1C)CC2. The van der Waals surface area contributed by atoms with Gasteiger partial charge in [-0.1, -0.05) is 6.92 Å². The standard InChI is InChI=1S/C24H30N6O4S/c1-5-34-23(32)22-16-9-14(6-7-18(16)35-19(22)10-17(31)15-8-13(15)2)30-12-25-27-24(30)26-20-11-21(33-4)28-29(20)3/h11-15H,5-10H2,1-4H3,(H,26,27)/t13-,14-,15-/m0/s1. The number of rotatable bonds is 9. The van der Waals surface area contributed by atoms with Crippen LogP contribution < -0.4 is 10.1 Å². The van der Waals surface area contributed by atoms with Crippen LogP contribution in [-0.4, -0.2) is 50.0 Å². The second kappa shape index (κ2) is 9.44. The lowest BCUT2D eigenvalue weighted by Gasteiger charge is -2.25. The zero-order valence-corrected chi connectivity index (χ0v) is 21.2. The van der Waals surface area contributed by atoms with Gasteiger partial charge in [-0.25, -0.2) is 9.48 Å². The Kier molecular flexibility index (Phi) is 6.35. The number of methoxy groups -OCH3 is 1. The number of Topliss-reactive ketones (excluding diaryl/α,β-unsaturated/α-hetero) is 1. The van der Waals surface area contributed by atoms with Crippen molar-refractivity contribution in [2.24, 2.45) is 18.9 Å². The predicted molar refractivity (Wildman–Crippen MR) is 130 cm³/mol. The molecule has 3 aromatic rings. The highest BCUT2D eigenvalue weighted by atomic mass is 32.1. The summed E-state index contributed by atoms with van der Waals surface area (Å²) in [6.45, 7) is 4.21. The summed E-state index contributed by atoms with van der Waals surface area (Å²) in [4.78, 5) is 27.8. The van der Waals surface area contributed by atoms with Gasteiger partial charge < -0.3 is 14.8 Å². The van der Waals surface area contributed by atoms with Crippen molar-refractivity contribution in [2.45, 2.75) is 52.0 Å². The number of anilines is 2. The molecule has 0 radical (unpaired) electrons. The maximum absolute atomic E-state index is 13.0. The van der Waals surface area contributed by atoms with E-state index in [0.29, 0.717) is 42.8 Å². The Bertz CT molecular complexity index is 1260. The largest absolute Gasteiger partial charge is 0.480 e. The maximum Gasteiger partial charge on any atom is 0.339 e. The minimum absolute atomic E-state index is 0.0601. The number of nitrogens with one attached hydrogen (secondary N) is 1. The Morgan fingerprint density at radius 3 is 2.83 bits per heavy atom. The average Bonchev–Trinajstić information content (AvgIpc) is 3.15. The molecule has 2 aliphatic carbocycles. The van der Waals surface area contributed by atoms with Gasteiger partial charge in [0, 0.05) is 41.2 Å². The van der Waals surface area contributed by atoms with E-state index in [-0.39, 0.29) is 23.7 Å². The molecule has 2 aliphatic rings. The monoisotopic (exact) mass is 498 g/mol. The fourth-order valence-electron chi connectivity index (χ4n) is 4.86. The van der Waals surface area contributed by atoms with Crippen molar-refractivity contribution in [3.63, 3.8) is 0 Å². The summed E-state index contributed by atoms with van der Waals surface area (Å²) in [6, 6.07) is 1.85. The van der Waals surface area contributed by atoms with Crippen LogP contribution in [0.3, 0.4) is 0 Å². The quantitative estimate of drug-likeness (QED) is 0.446. The van der Waals surface area contributed by atoms with Gasteiger partial charge in [-0.15, -0.1) is 26.6 Å². The van der Waals surface area contributed by atoms with Crippen LogP contribution in [0, 0.1) is 11.8 Å². The predicted octanol–water partition coefficient (Wildman–Crippen LogP) is 3.50. The summed E-state index contributed by atoms with van der Waals surface area (Å²) < 4.78 is 14.3. The lowest BCUT2D eigenvalue weighted by molar-refractivity contribution is -0.119. The molecule has 3 aromatic heterocycles. The number of ketones is 1. The van der Waals surface area contributed by atoms with Gasteiger partial charge in [-0.2, -0.15) is 0 Å². The molecule has 0 saturated heterocycles. The normalized spacial score (nSPS) is 20.9. The van der Waals surface area contributed by atoms with Crippen molar-refractivity contribution in [3.05, 3.63) is 33.3 Å². The molecule has 10 nitrogen and oxygen atoms in total. The van der Waals surface area contributed by atoms with Gasteiger partial charge in [0.1, 0.15) is 17.9 Å². The lowest BCUT2D eigenvalue weighted by atomic mass is 9.90. The number of thiophene rings is 1. The van der Waals surface area contributed by atoms with E-state index < -0.39 is 0 Å². The Morgan fingerprint density at radius 1 is 1.34 bits per heavy atom. The highest BCUT2D eigenvalue weighted by molar-refractivity contribution is 7.12. The summed E-state index contributed by atoms with van der Waals surface area (Å²) in [5.41, 5.74) is 1.59. The lowest BCUT2D eigenvalue weighted by Crippen LogP contribution is -2.21. The van der Waals surface area contributed by atoms with Gasteiger partial charge in [0.25, 0.3) is 0 Å². The van der Waals surface area contributed by atoms with E-state index in [4.69, 9.17) is 9.47 Å². The van der Waals surface area contributed by atoms with E-state index in [1.165, 1.54) is 4.88 Å². The number of ether oxygens (including phenoxy) is 2. The zero-order chi connectivity index (χ0) is 24.7. The number of nitrogens with zero attached hydrogens (tertiary/aromatic N) is 5.